The van der Waals surface area contributed by atoms with Crippen molar-refractivity contribution in [3.63, 3.8) is 0 Å². The first-order valence-corrected chi connectivity index (χ1v) is 9.42. The van der Waals surface area contributed by atoms with Crippen LogP contribution in [0.4, 0.5) is 10.5 Å². The summed E-state index contributed by atoms with van der Waals surface area (Å²) in [6.45, 7) is 5.17. The third-order valence-electron chi connectivity index (χ3n) is 3.73. The Labute approximate surface area is 163 Å². The zero-order valence-electron chi connectivity index (χ0n) is 13.0. The molecule has 2 aliphatic heterocycles. The Hall–Kier alpha value is -0.930. The largest absolute Gasteiger partial charge is 0.443 e. The molecule has 1 fully saturated rings. The van der Waals surface area contributed by atoms with Crippen LogP contribution in [0, 0.1) is 0 Å². The maximum Gasteiger partial charge on any atom is 0.421 e. The van der Waals surface area contributed by atoms with Crippen LogP contribution in [0.15, 0.2) is 19.5 Å². The molecule has 1 saturated heterocycles. The van der Waals surface area contributed by atoms with Gasteiger partial charge in [0.25, 0.3) is 5.91 Å². The Balaban J connectivity index is 2.17. The summed E-state index contributed by atoms with van der Waals surface area (Å²) >= 11 is 10.3. The summed E-state index contributed by atoms with van der Waals surface area (Å²) in [6, 6.07) is 1.66. The standard InChI is InChI=1S/C15H13Br3N2O4/c1-14(2,3)24-13(23)20-7-4-6(16)10(17)11(18)9(7)15(12(20)22)5-8(21)19-15/h4H,5H2,1-3H3,(H,19,21). The first kappa shape index (κ1) is 17.9. The Bertz CT molecular complexity index is 793. The van der Waals surface area contributed by atoms with Crippen molar-refractivity contribution in [1.82, 2.24) is 5.32 Å². The Morgan fingerprint density at radius 1 is 1.25 bits per heavy atom. The van der Waals surface area contributed by atoms with Crippen LogP contribution in [0.1, 0.15) is 32.8 Å². The van der Waals surface area contributed by atoms with Gasteiger partial charge >= 0.3 is 6.09 Å². The molecule has 24 heavy (non-hydrogen) atoms. The lowest BCUT2D eigenvalue weighted by Crippen LogP contribution is -2.64. The van der Waals surface area contributed by atoms with Crippen molar-refractivity contribution < 1.29 is 19.1 Å². The third-order valence-corrected chi connectivity index (χ3v) is 7.04. The molecule has 0 saturated carbocycles. The van der Waals surface area contributed by atoms with Gasteiger partial charge in [-0.1, -0.05) is 0 Å². The highest BCUT2D eigenvalue weighted by Crippen LogP contribution is 2.53. The molecular weight excluding hydrogens is 512 g/mol. The van der Waals surface area contributed by atoms with Crippen molar-refractivity contribution >= 4 is 71.4 Å². The normalized spacial score (nSPS) is 22.3. The van der Waals surface area contributed by atoms with Gasteiger partial charge in [-0.2, -0.15) is 0 Å². The van der Waals surface area contributed by atoms with Crippen LogP contribution in [0.5, 0.6) is 0 Å². The number of fused-ring (bicyclic) bond motifs is 2. The summed E-state index contributed by atoms with van der Waals surface area (Å²) in [6.07, 6.45) is -0.780. The maximum absolute atomic E-state index is 13.0. The number of halogens is 3. The molecule has 2 aliphatic rings. The number of nitrogens with zero attached hydrogens (tertiary/aromatic N) is 1. The molecule has 1 aromatic carbocycles. The fraction of sp³-hybridized carbons (Fsp3) is 0.400. The number of anilines is 1. The monoisotopic (exact) mass is 522 g/mol. The lowest BCUT2D eigenvalue weighted by atomic mass is 9.81. The van der Waals surface area contributed by atoms with E-state index >= 15 is 0 Å². The predicted octanol–water partition coefficient (Wildman–Crippen LogP) is 3.97. The molecule has 128 valence electrons. The van der Waals surface area contributed by atoms with Gasteiger partial charge in [-0.05, 0) is 74.6 Å². The number of ether oxygens (including phenoxy) is 1. The molecule has 0 radical (unpaired) electrons. The Morgan fingerprint density at radius 3 is 2.33 bits per heavy atom. The molecule has 1 aromatic rings. The number of imide groups is 1. The molecule has 3 rings (SSSR count). The number of nitrogens with one attached hydrogen (secondary N) is 1. The second-order valence-electron chi connectivity index (χ2n) is 6.63. The summed E-state index contributed by atoms with van der Waals surface area (Å²) in [7, 11) is 0. The quantitative estimate of drug-likeness (QED) is 0.411. The average molecular weight is 525 g/mol. The fourth-order valence-corrected chi connectivity index (χ4v) is 4.55. The molecule has 3 amide bonds. The van der Waals surface area contributed by atoms with Gasteiger partial charge in [0.1, 0.15) is 5.60 Å². The number of β-lactam (4-membered cyclic amide) rings is 1. The van der Waals surface area contributed by atoms with Crippen molar-refractivity contribution in [2.75, 3.05) is 4.90 Å². The molecule has 1 atom stereocenters. The van der Waals surface area contributed by atoms with Gasteiger partial charge in [0.2, 0.25) is 5.91 Å². The minimum atomic E-state index is -1.23. The average Bonchev–Trinajstić information content (AvgIpc) is 2.64. The summed E-state index contributed by atoms with van der Waals surface area (Å²) in [5.41, 5.74) is -1.05. The van der Waals surface area contributed by atoms with E-state index in [0.29, 0.717) is 24.7 Å². The number of rotatable bonds is 0. The molecular formula is C15H13Br3N2O4. The van der Waals surface area contributed by atoms with E-state index in [4.69, 9.17) is 4.74 Å². The van der Waals surface area contributed by atoms with E-state index in [9.17, 15) is 14.4 Å². The predicted molar refractivity (Wildman–Crippen MR) is 97.7 cm³/mol. The van der Waals surface area contributed by atoms with Crippen LogP contribution in [0.2, 0.25) is 0 Å². The number of amides is 3. The second kappa shape index (κ2) is 5.54. The first-order chi connectivity index (χ1) is 11.0. The highest BCUT2D eigenvalue weighted by atomic mass is 79.9. The molecule has 6 nitrogen and oxygen atoms in total. The van der Waals surface area contributed by atoms with E-state index < -0.39 is 23.1 Å². The summed E-state index contributed by atoms with van der Waals surface area (Å²) in [4.78, 5) is 38.1. The number of carbonyl (C=O) groups is 3. The minimum absolute atomic E-state index is 0.00912. The Morgan fingerprint density at radius 2 is 1.83 bits per heavy atom. The molecule has 9 heteroatoms. The van der Waals surface area contributed by atoms with Crippen LogP contribution in [-0.4, -0.2) is 23.5 Å². The lowest BCUT2D eigenvalue weighted by Gasteiger charge is -2.37. The SMILES string of the molecule is CC(C)(C)OC(=O)N1C(=O)C2(CC(=O)N2)c2c1cc(Br)c(Br)c2Br. The molecule has 1 N–H and O–H groups in total. The van der Waals surface area contributed by atoms with Crippen molar-refractivity contribution in [2.45, 2.75) is 38.3 Å². The van der Waals surface area contributed by atoms with Gasteiger partial charge in [0.15, 0.2) is 5.54 Å². The second-order valence-corrected chi connectivity index (χ2v) is 9.07. The first-order valence-electron chi connectivity index (χ1n) is 7.04. The molecule has 0 bridgehead atoms. The topological polar surface area (TPSA) is 75.7 Å². The number of carbonyl (C=O) groups excluding carboxylic acids is 3. The van der Waals surface area contributed by atoms with Gasteiger partial charge in [-0.15, -0.1) is 0 Å². The van der Waals surface area contributed by atoms with Crippen LogP contribution in [-0.2, 0) is 19.9 Å². The van der Waals surface area contributed by atoms with E-state index in [0.717, 1.165) is 4.90 Å². The smallest absolute Gasteiger partial charge is 0.421 e. The van der Waals surface area contributed by atoms with Crippen LogP contribution < -0.4 is 10.2 Å². The highest BCUT2D eigenvalue weighted by molar-refractivity contribution is 9.14. The van der Waals surface area contributed by atoms with Gasteiger partial charge in [-0.3, -0.25) is 9.59 Å². The molecule has 1 spiro atoms. The van der Waals surface area contributed by atoms with Gasteiger partial charge in [0.05, 0.1) is 12.1 Å². The summed E-state index contributed by atoms with van der Waals surface area (Å²) in [5, 5.41) is 2.66. The van der Waals surface area contributed by atoms with Crippen molar-refractivity contribution in [3.05, 3.63) is 25.0 Å². The van der Waals surface area contributed by atoms with Crippen molar-refractivity contribution in [2.24, 2.45) is 0 Å². The van der Waals surface area contributed by atoms with Crippen molar-refractivity contribution in [3.8, 4) is 0 Å². The fourth-order valence-electron chi connectivity index (χ4n) is 2.80. The zero-order chi connectivity index (χ0) is 18.0. The van der Waals surface area contributed by atoms with Crippen LogP contribution in [0.3, 0.4) is 0 Å². The van der Waals surface area contributed by atoms with Gasteiger partial charge in [0, 0.05) is 19.0 Å². The van der Waals surface area contributed by atoms with Crippen LogP contribution in [0.25, 0.3) is 0 Å². The lowest BCUT2D eigenvalue weighted by molar-refractivity contribution is -0.142. The molecule has 0 aromatic heterocycles. The Kier molecular flexibility index (Phi) is 4.12. The maximum atomic E-state index is 13.0. The van der Waals surface area contributed by atoms with E-state index in [-0.39, 0.29) is 12.3 Å². The summed E-state index contributed by atoms with van der Waals surface area (Å²) < 4.78 is 7.32. The zero-order valence-corrected chi connectivity index (χ0v) is 17.8. The van der Waals surface area contributed by atoms with Crippen LogP contribution >= 0.6 is 47.8 Å². The minimum Gasteiger partial charge on any atom is -0.443 e. The molecule has 2 heterocycles. The summed E-state index contributed by atoms with van der Waals surface area (Å²) in [5.74, 6) is -0.761. The van der Waals surface area contributed by atoms with Gasteiger partial charge in [-0.25, -0.2) is 9.69 Å². The van der Waals surface area contributed by atoms with E-state index in [1.807, 2.05) is 0 Å². The number of benzene rings is 1. The number of hydrogen-bond acceptors (Lipinski definition) is 4. The van der Waals surface area contributed by atoms with E-state index in [1.54, 1.807) is 26.8 Å². The van der Waals surface area contributed by atoms with Gasteiger partial charge < -0.3 is 10.1 Å². The molecule has 1 unspecified atom stereocenters. The highest BCUT2D eigenvalue weighted by Gasteiger charge is 2.62. The third kappa shape index (κ3) is 2.52. The van der Waals surface area contributed by atoms with Crippen molar-refractivity contribution in [1.29, 1.82) is 0 Å². The number of hydrogen-bond donors (Lipinski definition) is 1. The van der Waals surface area contributed by atoms with E-state index in [2.05, 4.69) is 53.1 Å². The van der Waals surface area contributed by atoms with E-state index in [1.165, 1.54) is 0 Å². The molecule has 0 aliphatic carbocycles.